The van der Waals surface area contributed by atoms with E-state index >= 15 is 0 Å². The number of benzene rings is 1. The van der Waals surface area contributed by atoms with Crippen molar-refractivity contribution >= 4 is 29.3 Å². The first-order valence-corrected chi connectivity index (χ1v) is 6.85. The van der Waals surface area contributed by atoms with E-state index in [-0.39, 0.29) is 11.1 Å². The van der Waals surface area contributed by atoms with Crippen LogP contribution in [0.3, 0.4) is 0 Å². The summed E-state index contributed by atoms with van der Waals surface area (Å²) in [5, 5.41) is 0.236. The third-order valence-corrected chi connectivity index (χ3v) is 3.76. The maximum absolute atomic E-state index is 11.8. The van der Waals surface area contributed by atoms with Crippen LogP contribution < -0.4 is 16.4 Å². The Kier molecular flexibility index (Phi) is 3.39. The molecule has 0 unspecified atom stereocenters. The zero-order valence-corrected chi connectivity index (χ0v) is 11.9. The van der Waals surface area contributed by atoms with Crippen LogP contribution in [0.1, 0.15) is 11.1 Å². The molecule has 0 saturated heterocycles. The van der Waals surface area contributed by atoms with E-state index in [9.17, 15) is 4.79 Å². The van der Waals surface area contributed by atoms with Crippen LogP contribution in [0.25, 0.3) is 0 Å². The van der Waals surface area contributed by atoms with Gasteiger partial charge in [0, 0.05) is 19.0 Å². The first-order valence-electron chi connectivity index (χ1n) is 6.47. The van der Waals surface area contributed by atoms with E-state index in [1.54, 1.807) is 6.07 Å². The van der Waals surface area contributed by atoms with Gasteiger partial charge < -0.3 is 16.4 Å². The number of fused-ring (bicyclic) bond motifs is 1. The minimum Gasteiger partial charge on any atom is -0.368 e. The number of carbonyl (C=O) groups is 1. The number of hydrogen-bond donors (Lipinski definition) is 2. The minimum absolute atomic E-state index is 0.0691. The van der Waals surface area contributed by atoms with Gasteiger partial charge in [-0.1, -0.05) is 35.9 Å². The van der Waals surface area contributed by atoms with Crippen LogP contribution in [0.15, 0.2) is 30.3 Å². The van der Waals surface area contributed by atoms with Crippen LogP contribution in [0.5, 0.6) is 0 Å². The molecule has 108 valence electrons. The Labute approximate surface area is 126 Å². The lowest BCUT2D eigenvalue weighted by Crippen LogP contribution is -2.49. The number of aromatic nitrogens is 2. The number of rotatable bonds is 2. The fraction of sp³-hybridized carbons (Fsp3) is 0.214. The van der Waals surface area contributed by atoms with Crippen molar-refractivity contribution in [3.8, 4) is 0 Å². The second-order valence-electron chi connectivity index (χ2n) is 4.93. The van der Waals surface area contributed by atoms with Crippen molar-refractivity contribution in [1.29, 1.82) is 0 Å². The molecule has 0 aliphatic carbocycles. The second kappa shape index (κ2) is 5.21. The molecule has 1 aromatic carbocycles. The summed E-state index contributed by atoms with van der Waals surface area (Å²) in [7, 11) is 0. The lowest BCUT2D eigenvalue weighted by molar-refractivity contribution is -0.119. The molecule has 3 rings (SSSR count). The van der Waals surface area contributed by atoms with Gasteiger partial charge in [0.15, 0.2) is 0 Å². The van der Waals surface area contributed by atoms with Crippen molar-refractivity contribution in [2.45, 2.75) is 19.0 Å². The number of amides is 1. The maximum Gasteiger partial charge on any atom is 0.240 e. The van der Waals surface area contributed by atoms with Crippen molar-refractivity contribution in [2.75, 3.05) is 10.6 Å². The number of nitrogen functional groups attached to an aromatic ring is 1. The fourth-order valence-corrected chi connectivity index (χ4v) is 2.77. The van der Waals surface area contributed by atoms with Gasteiger partial charge in [0.25, 0.3) is 0 Å². The second-order valence-corrected chi connectivity index (χ2v) is 5.31. The molecule has 21 heavy (non-hydrogen) atoms. The van der Waals surface area contributed by atoms with Crippen molar-refractivity contribution < 1.29 is 4.79 Å². The van der Waals surface area contributed by atoms with Crippen molar-refractivity contribution in [1.82, 2.24) is 9.97 Å². The van der Waals surface area contributed by atoms with Gasteiger partial charge in [-0.15, -0.1) is 0 Å². The first-order chi connectivity index (χ1) is 10.0. The molecule has 0 saturated carbocycles. The number of carbonyl (C=O) groups excluding carboxylic acids is 1. The van der Waals surface area contributed by atoms with Crippen LogP contribution in [0.4, 0.5) is 11.8 Å². The number of anilines is 2. The third-order valence-electron chi connectivity index (χ3n) is 3.57. The van der Waals surface area contributed by atoms with Gasteiger partial charge in [-0.3, -0.25) is 4.79 Å². The zero-order valence-electron chi connectivity index (χ0n) is 11.2. The van der Waals surface area contributed by atoms with Crippen LogP contribution in [0.2, 0.25) is 5.15 Å². The highest BCUT2D eigenvalue weighted by Crippen LogP contribution is 2.28. The molecule has 1 atom stereocenters. The molecule has 0 bridgehead atoms. The molecule has 6 nitrogen and oxygen atoms in total. The molecule has 7 heteroatoms. The van der Waals surface area contributed by atoms with Gasteiger partial charge in [0.2, 0.25) is 11.9 Å². The average molecular weight is 304 g/mol. The third kappa shape index (κ3) is 2.62. The van der Waals surface area contributed by atoms with E-state index in [0.29, 0.717) is 18.8 Å². The standard InChI is InChI=1S/C14H14ClN5O/c15-11-6-12(19-14(17)18-11)20-7-9-4-2-1-3-8(9)5-10(20)13(16)21/h1-4,6,10H,5,7H2,(H2,16,21)(H2,17,18,19)/t10-/m0/s1. The van der Waals surface area contributed by atoms with E-state index in [2.05, 4.69) is 9.97 Å². The highest BCUT2D eigenvalue weighted by atomic mass is 35.5. The van der Waals surface area contributed by atoms with Gasteiger partial charge >= 0.3 is 0 Å². The van der Waals surface area contributed by atoms with E-state index in [1.165, 1.54) is 0 Å². The monoisotopic (exact) mass is 303 g/mol. The Hall–Kier alpha value is -2.34. The van der Waals surface area contributed by atoms with Gasteiger partial charge in [0.05, 0.1) is 0 Å². The number of nitrogens with zero attached hydrogens (tertiary/aromatic N) is 3. The molecule has 2 heterocycles. The molecular formula is C14H14ClN5O. The highest BCUT2D eigenvalue weighted by molar-refractivity contribution is 6.29. The normalized spacial score (nSPS) is 17.4. The molecule has 0 radical (unpaired) electrons. The summed E-state index contributed by atoms with van der Waals surface area (Å²) >= 11 is 5.92. The predicted molar refractivity (Wildman–Crippen MR) is 80.8 cm³/mol. The summed E-state index contributed by atoms with van der Waals surface area (Å²) in [6, 6.07) is 9.04. The first kappa shape index (κ1) is 13.6. The lowest BCUT2D eigenvalue weighted by Gasteiger charge is -2.36. The summed E-state index contributed by atoms with van der Waals surface area (Å²) in [6.45, 7) is 0.524. The predicted octanol–water partition coefficient (Wildman–Crippen LogP) is 1.13. The molecule has 1 aliphatic rings. The van der Waals surface area contributed by atoms with E-state index in [0.717, 1.165) is 11.1 Å². The van der Waals surface area contributed by atoms with E-state index < -0.39 is 11.9 Å². The van der Waals surface area contributed by atoms with Gasteiger partial charge in [0.1, 0.15) is 17.0 Å². The highest BCUT2D eigenvalue weighted by Gasteiger charge is 2.31. The molecule has 0 fully saturated rings. The van der Waals surface area contributed by atoms with Gasteiger partial charge in [-0.05, 0) is 11.1 Å². The van der Waals surface area contributed by atoms with Gasteiger partial charge in [-0.2, -0.15) is 4.98 Å². The van der Waals surface area contributed by atoms with Gasteiger partial charge in [-0.25, -0.2) is 4.98 Å². The summed E-state index contributed by atoms with van der Waals surface area (Å²) in [4.78, 5) is 21.6. The zero-order chi connectivity index (χ0) is 15.0. The van der Waals surface area contributed by atoms with Crippen molar-refractivity contribution in [2.24, 2.45) is 5.73 Å². The van der Waals surface area contributed by atoms with Crippen LogP contribution in [-0.4, -0.2) is 21.9 Å². The lowest BCUT2D eigenvalue weighted by atomic mass is 9.93. The summed E-state index contributed by atoms with van der Waals surface area (Å²) in [5.74, 6) is 0.170. The SMILES string of the molecule is NC(=O)[C@@H]1Cc2ccccc2CN1c1cc(Cl)nc(N)n1. The fourth-order valence-electron chi connectivity index (χ4n) is 2.59. The number of halogens is 1. The van der Waals surface area contributed by atoms with Crippen LogP contribution >= 0.6 is 11.6 Å². The molecule has 0 spiro atoms. The van der Waals surface area contributed by atoms with Crippen molar-refractivity contribution in [3.63, 3.8) is 0 Å². The Morgan fingerprint density at radius 2 is 2.00 bits per heavy atom. The van der Waals surface area contributed by atoms with Crippen molar-refractivity contribution in [3.05, 3.63) is 46.6 Å². The van der Waals surface area contributed by atoms with E-state index in [1.807, 2.05) is 29.2 Å². The maximum atomic E-state index is 11.8. The Morgan fingerprint density at radius 3 is 2.67 bits per heavy atom. The number of nitrogens with two attached hydrogens (primary N) is 2. The number of hydrogen-bond acceptors (Lipinski definition) is 5. The van der Waals surface area contributed by atoms with Crippen LogP contribution in [0, 0.1) is 0 Å². The topological polar surface area (TPSA) is 98.1 Å². The Balaban J connectivity index is 2.05. The summed E-state index contributed by atoms with van der Waals surface area (Å²) in [6.07, 6.45) is 0.535. The Bertz CT molecular complexity index is 685. The summed E-state index contributed by atoms with van der Waals surface area (Å²) < 4.78 is 0. The smallest absolute Gasteiger partial charge is 0.240 e. The molecule has 1 aliphatic heterocycles. The van der Waals surface area contributed by atoms with Crippen LogP contribution in [-0.2, 0) is 17.8 Å². The molecule has 1 amide bonds. The number of primary amides is 1. The molecular weight excluding hydrogens is 290 g/mol. The molecule has 4 N–H and O–H groups in total. The molecule has 2 aromatic rings. The summed E-state index contributed by atoms with van der Waals surface area (Å²) in [5.41, 5.74) is 13.4. The van der Waals surface area contributed by atoms with E-state index in [4.69, 9.17) is 23.1 Å². The molecule has 1 aromatic heterocycles. The Morgan fingerprint density at radius 1 is 1.29 bits per heavy atom. The minimum atomic E-state index is -0.481. The average Bonchev–Trinajstić information content (AvgIpc) is 2.44. The quantitative estimate of drug-likeness (QED) is 0.810. The largest absolute Gasteiger partial charge is 0.368 e.